The maximum atomic E-state index is 9.28. The highest BCUT2D eigenvalue weighted by Gasteiger charge is 2.25. The predicted octanol–water partition coefficient (Wildman–Crippen LogP) is 1.94. The van der Waals surface area contributed by atoms with Crippen molar-refractivity contribution in [1.29, 1.82) is 0 Å². The van der Waals surface area contributed by atoms with E-state index in [2.05, 4.69) is 17.4 Å². The lowest BCUT2D eigenvalue weighted by Crippen LogP contribution is -2.41. The van der Waals surface area contributed by atoms with Crippen LogP contribution in [0.25, 0.3) is 0 Å². The highest BCUT2D eigenvalue weighted by Crippen LogP contribution is 2.29. The molecule has 15 heavy (non-hydrogen) atoms. The van der Waals surface area contributed by atoms with Crippen LogP contribution in [0.1, 0.15) is 24.8 Å². The van der Waals surface area contributed by atoms with E-state index in [0.29, 0.717) is 12.0 Å². The normalized spacial score (nSPS) is 18.5. The first-order chi connectivity index (χ1) is 7.40. The summed E-state index contributed by atoms with van der Waals surface area (Å²) in [5.74, 6) is 0.693. The van der Waals surface area contributed by atoms with Crippen molar-refractivity contribution in [2.24, 2.45) is 5.92 Å². The van der Waals surface area contributed by atoms with E-state index in [1.54, 1.807) is 0 Å². The first-order valence-corrected chi connectivity index (χ1v) is 5.78. The summed E-state index contributed by atoms with van der Waals surface area (Å²) in [5, 5.41) is 12.7. The lowest BCUT2D eigenvalue weighted by atomic mass is 9.80. The minimum absolute atomic E-state index is 0.261. The molecule has 2 heteroatoms. The number of hydrogen-bond acceptors (Lipinski definition) is 2. The lowest BCUT2D eigenvalue weighted by molar-refractivity contribution is 0.148. The van der Waals surface area contributed by atoms with E-state index in [4.69, 9.17) is 0 Å². The van der Waals surface area contributed by atoms with Gasteiger partial charge in [0, 0.05) is 12.6 Å². The molecule has 2 nitrogen and oxygen atoms in total. The van der Waals surface area contributed by atoms with E-state index in [9.17, 15) is 5.11 Å². The van der Waals surface area contributed by atoms with E-state index < -0.39 is 0 Å². The fourth-order valence-corrected chi connectivity index (χ4v) is 2.07. The van der Waals surface area contributed by atoms with Gasteiger partial charge in [-0.1, -0.05) is 36.8 Å². The molecule has 0 amide bonds. The van der Waals surface area contributed by atoms with Gasteiger partial charge in [0.1, 0.15) is 0 Å². The molecule has 0 unspecified atom stereocenters. The van der Waals surface area contributed by atoms with Gasteiger partial charge in [0.15, 0.2) is 0 Å². The van der Waals surface area contributed by atoms with Crippen molar-refractivity contribution < 1.29 is 5.11 Å². The Morgan fingerprint density at radius 3 is 2.53 bits per heavy atom. The topological polar surface area (TPSA) is 32.3 Å². The summed E-state index contributed by atoms with van der Waals surface area (Å²) in [5.41, 5.74) is 1.29. The lowest BCUT2D eigenvalue weighted by Gasteiger charge is -2.33. The number of aliphatic hydroxyl groups is 1. The molecule has 0 heterocycles. The van der Waals surface area contributed by atoms with Crippen LogP contribution >= 0.6 is 0 Å². The third-order valence-corrected chi connectivity index (χ3v) is 3.33. The molecule has 0 saturated heterocycles. The summed E-state index contributed by atoms with van der Waals surface area (Å²) < 4.78 is 0. The second kappa shape index (κ2) is 5.29. The summed E-state index contributed by atoms with van der Waals surface area (Å²) in [6, 6.07) is 10.6. The van der Waals surface area contributed by atoms with Gasteiger partial charge in [-0.2, -0.15) is 0 Å². The molecule has 1 aromatic carbocycles. The van der Waals surface area contributed by atoms with Crippen molar-refractivity contribution in [2.75, 3.05) is 6.61 Å². The molecule has 1 aliphatic rings. The van der Waals surface area contributed by atoms with Gasteiger partial charge < -0.3 is 10.4 Å². The predicted molar refractivity (Wildman–Crippen MR) is 61.5 cm³/mol. The second-order valence-electron chi connectivity index (χ2n) is 4.35. The molecule has 2 rings (SSSR count). The molecule has 82 valence electrons. The van der Waals surface area contributed by atoms with E-state index in [1.165, 1.54) is 24.8 Å². The molecule has 1 atom stereocenters. The fraction of sp³-hybridized carbons (Fsp3) is 0.538. The molecule has 0 bridgehead atoms. The number of benzene rings is 1. The van der Waals surface area contributed by atoms with Gasteiger partial charge in [0.05, 0.1) is 6.61 Å². The van der Waals surface area contributed by atoms with Gasteiger partial charge >= 0.3 is 0 Å². The number of hydrogen-bond donors (Lipinski definition) is 2. The average molecular weight is 205 g/mol. The minimum Gasteiger partial charge on any atom is -0.395 e. The van der Waals surface area contributed by atoms with Crippen molar-refractivity contribution >= 4 is 0 Å². The van der Waals surface area contributed by atoms with Crippen LogP contribution in [-0.2, 0) is 6.54 Å². The number of aliphatic hydroxyl groups excluding tert-OH is 1. The maximum absolute atomic E-state index is 9.28. The van der Waals surface area contributed by atoms with Gasteiger partial charge in [0.25, 0.3) is 0 Å². The molecule has 1 aliphatic carbocycles. The van der Waals surface area contributed by atoms with Crippen LogP contribution in [0.2, 0.25) is 0 Å². The molecule has 1 fully saturated rings. The summed E-state index contributed by atoms with van der Waals surface area (Å²) in [4.78, 5) is 0. The summed E-state index contributed by atoms with van der Waals surface area (Å²) in [6.07, 6.45) is 3.87. The molecule has 0 aliphatic heterocycles. The third kappa shape index (κ3) is 2.80. The Balaban J connectivity index is 1.80. The van der Waals surface area contributed by atoms with Crippen molar-refractivity contribution in [3.63, 3.8) is 0 Å². The molecule has 0 spiro atoms. The van der Waals surface area contributed by atoms with Gasteiger partial charge in [-0.05, 0) is 24.3 Å². The van der Waals surface area contributed by atoms with Gasteiger partial charge in [-0.25, -0.2) is 0 Å². The van der Waals surface area contributed by atoms with Gasteiger partial charge in [-0.3, -0.25) is 0 Å². The summed E-state index contributed by atoms with van der Waals surface area (Å²) >= 11 is 0. The van der Waals surface area contributed by atoms with E-state index in [1.807, 2.05) is 18.2 Å². The van der Waals surface area contributed by atoms with Crippen LogP contribution < -0.4 is 5.32 Å². The monoisotopic (exact) mass is 205 g/mol. The second-order valence-corrected chi connectivity index (χ2v) is 4.35. The van der Waals surface area contributed by atoms with Crippen LogP contribution in [-0.4, -0.2) is 17.8 Å². The molecular weight excluding hydrogens is 186 g/mol. The molecule has 1 saturated carbocycles. The highest BCUT2D eigenvalue weighted by molar-refractivity contribution is 5.14. The average Bonchev–Trinajstić information content (AvgIpc) is 2.23. The SMILES string of the molecule is OC[C@H](NCc1ccccc1)C1CCC1. The molecule has 2 N–H and O–H groups in total. The third-order valence-electron chi connectivity index (χ3n) is 3.33. The first-order valence-electron chi connectivity index (χ1n) is 5.78. The van der Waals surface area contributed by atoms with Crippen molar-refractivity contribution in [3.05, 3.63) is 35.9 Å². The first kappa shape index (κ1) is 10.7. The smallest absolute Gasteiger partial charge is 0.0587 e. The Morgan fingerprint density at radius 2 is 2.00 bits per heavy atom. The van der Waals surface area contributed by atoms with Gasteiger partial charge in [0.2, 0.25) is 0 Å². The molecular formula is C13H19NO. The number of rotatable bonds is 5. The van der Waals surface area contributed by atoms with Gasteiger partial charge in [-0.15, -0.1) is 0 Å². The van der Waals surface area contributed by atoms with E-state index in [0.717, 1.165) is 6.54 Å². The maximum Gasteiger partial charge on any atom is 0.0587 e. The standard InChI is InChI=1S/C13H19NO/c15-10-13(12-7-4-8-12)14-9-11-5-2-1-3-6-11/h1-3,5-6,12-15H,4,7-10H2/t13-/m0/s1. The Hall–Kier alpha value is -0.860. The van der Waals surface area contributed by atoms with Crippen LogP contribution in [0.3, 0.4) is 0 Å². The van der Waals surface area contributed by atoms with Crippen LogP contribution in [0.4, 0.5) is 0 Å². The molecule has 1 aromatic rings. The van der Waals surface area contributed by atoms with Crippen LogP contribution in [0.15, 0.2) is 30.3 Å². The molecule has 0 radical (unpaired) electrons. The summed E-state index contributed by atoms with van der Waals surface area (Å²) in [6.45, 7) is 1.13. The zero-order valence-corrected chi connectivity index (χ0v) is 9.02. The van der Waals surface area contributed by atoms with Crippen LogP contribution in [0, 0.1) is 5.92 Å². The largest absolute Gasteiger partial charge is 0.395 e. The highest BCUT2D eigenvalue weighted by atomic mass is 16.3. The zero-order valence-electron chi connectivity index (χ0n) is 9.02. The quantitative estimate of drug-likeness (QED) is 0.770. The number of nitrogens with one attached hydrogen (secondary N) is 1. The van der Waals surface area contributed by atoms with Crippen LogP contribution in [0.5, 0.6) is 0 Å². The Morgan fingerprint density at radius 1 is 1.27 bits per heavy atom. The van der Waals surface area contributed by atoms with Crippen molar-refractivity contribution in [2.45, 2.75) is 31.8 Å². The fourth-order valence-electron chi connectivity index (χ4n) is 2.07. The van der Waals surface area contributed by atoms with E-state index in [-0.39, 0.29) is 6.61 Å². The van der Waals surface area contributed by atoms with E-state index >= 15 is 0 Å². The van der Waals surface area contributed by atoms with Crippen molar-refractivity contribution in [3.8, 4) is 0 Å². The summed E-state index contributed by atoms with van der Waals surface area (Å²) in [7, 11) is 0. The minimum atomic E-state index is 0.261. The zero-order chi connectivity index (χ0) is 10.5. The Labute approximate surface area is 91.3 Å². The Bertz CT molecular complexity index is 282. The Kier molecular flexibility index (Phi) is 3.75. The molecule has 0 aromatic heterocycles. The van der Waals surface area contributed by atoms with Crippen molar-refractivity contribution in [1.82, 2.24) is 5.32 Å².